The van der Waals surface area contributed by atoms with Gasteiger partial charge in [0.15, 0.2) is 0 Å². The van der Waals surface area contributed by atoms with Crippen molar-refractivity contribution in [3.8, 4) is 0 Å². The van der Waals surface area contributed by atoms with Gasteiger partial charge in [-0.1, -0.05) is 0 Å². The lowest BCUT2D eigenvalue weighted by atomic mass is 10.00. The molecule has 0 aromatic carbocycles. The molecule has 1 aromatic rings. The molecule has 5 N–H and O–H groups in total. The molecule has 0 bridgehead atoms. The molecule has 1 aliphatic heterocycles. The third kappa shape index (κ3) is 2.29. The second-order valence-corrected chi connectivity index (χ2v) is 4.08. The summed E-state index contributed by atoms with van der Waals surface area (Å²) < 4.78 is 5.13. The fourth-order valence-electron chi connectivity index (χ4n) is 1.99. The van der Waals surface area contributed by atoms with Crippen LogP contribution < -0.4 is 16.8 Å². The average molecular weight is 296 g/mol. The van der Waals surface area contributed by atoms with Crippen LogP contribution in [0.3, 0.4) is 0 Å². The summed E-state index contributed by atoms with van der Waals surface area (Å²) in [5.41, 5.74) is 10.3. The molecule has 2 heterocycles. The topological polar surface area (TPSA) is 172 Å². The molecule has 0 spiro atoms. The smallest absolute Gasteiger partial charge is 0.326 e. The largest absolute Gasteiger partial charge is 0.475 e. The van der Waals surface area contributed by atoms with Crippen molar-refractivity contribution in [3.63, 3.8) is 0 Å². The Morgan fingerprint density at radius 2 is 2.10 bits per heavy atom. The number of ether oxygens (including phenoxy) is 1. The van der Waals surface area contributed by atoms with Gasteiger partial charge in [0, 0.05) is 0 Å². The number of pyridine rings is 1. The van der Waals surface area contributed by atoms with E-state index >= 15 is 0 Å². The quantitative estimate of drug-likeness (QED) is 0.527. The number of hydrogen-bond acceptors (Lipinski definition) is 9. The van der Waals surface area contributed by atoms with Gasteiger partial charge in [-0.15, -0.1) is 0 Å². The van der Waals surface area contributed by atoms with Crippen molar-refractivity contribution in [2.24, 2.45) is 5.73 Å². The van der Waals surface area contributed by atoms with Crippen LogP contribution in [0.1, 0.15) is 18.5 Å². The second-order valence-electron chi connectivity index (χ2n) is 4.08. The summed E-state index contributed by atoms with van der Waals surface area (Å²) in [6.07, 6.45) is 0.953. The Morgan fingerprint density at radius 1 is 1.43 bits per heavy atom. The van der Waals surface area contributed by atoms with Crippen LogP contribution in [-0.2, 0) is 4.74 Å². The van der Waals surface area contributed by atoms with Crippen LogP contribution in [0.2, 0.25) is 0 Å². The Labute approximate surface area is 117 Å². The number of hydrogen-bond donors (Lipinski definition) is 3. The minimum atomic E-state index is -1.29. The fourth-order valence-corrected chi connectivity index (χ4v) is 1.99. The van der Waals surface area contributed by atoms with Gasteiger partial charge in [-0.25, -0.2) is 4.98 Å². The molecule has 2 rings (SSSR count). The van der Waals surface area contributed by atoms with Gasteiger partial charge in [0.05, 0.1) is 22.0 Å². The highest BCUT2D eigenvalue weighted by Gasteiger charge is 2.39. The molecule has 21 heavy (non-hydrogen) atoms. The summed E-state index contributed by atoms with van der Waals surface area (Å²) in [6, 6.07) is -1.29. The maximum Gasteiger partial charge on any atom is 0.326 e. The lowest BCUT2D eigenvalue weighted by Crippen LogP contribution is -2.30. The normalized spacial score (nSPS) is 17.0. The van der Waals surface area contributed by atoms with E-state index in [0.717, 1.165) is 6.20 Å². The van der Waals surface area contributed by atoms with E-state index in [2.05, 4.69) is 10.3 Å². The summed E-state index contributed by atoms with van der Waals surface area (Å²) in [5.74, 6) is -0.0529. The minimum Gasteiger partial charge on any atom is -0.475 e. The van der Waals surface area contributed by atoms with Crippen LogP contribution in [0.25, 0.3) is 0 Å². The Morgan fingerprint density at radius 3 is 2.62 bits per heavy atom. The molecule has 0 radical (unpaired) electrons. The third-order valence-electron chi connectivity index (χ3n) is 2.89. The van der Waals surface area contributed by atoms with E-state index in [1.807, 2.05) is 0 Å². The molecule has 0 saturated carbocycles. The van der Waals surface area contributed by atoms with Crippen molar-refractivity contribution in [2.75, 3.05) is 17.7 Å². The zero-order chi connectivity index (χ0) is 15.7. The van der Waals surface area contributed by atoms with Gasteiger partial charge in [0.2, 0.25) is 0 Å². The second kappa shape index (κ2) is 5.20. The number of nitrogens with zero attached hydrogens (tertiary/aromatic N) is 3. The van der Waals surface area contributed by atoms with E-state index in [1.165, 1.54) is 0 Å². The Hall–Kier alpha value is -2.95. The highest BCUT2D eigenvalue weighted by molar-refractivity contribution is 5.73. The zero-order valence-corrected chi connectivity index (χ0v) is 10.9. The van der Waals surface area contributed by atoms with Crippen LogP contribution in [0.5, 0.6) is 0 Å². The molecule has 1 aliphatic rings. The van der Waals surface area contributed by atoms with Gasteiger partial charge in [0.25, 0.3) is 5.88 Å². The molecule has 1 unspecified atom stereocenters. The predicted octanol–water partition coefficient (Wildman–Crippen LogP) is 0.480. The Balaban J connectivity index is 2.62. The van der Waals surface area contributed by atoms with Crippen molar-refractivity contribution in [1.29, 1.82) is 0 Å². The molecule has 1 atom stereocenters. The monoisotopic (exact) mass is 296 g/mol. The zero-order valence-electron chi connectivity index (χ0n) is 10.9. The highest BCUT2D eigenvalue weighted by atomic mass is 16.6. The fraction of sp³-hybridized carbons (Fsp3) is 0.300. The molecular weight excluding hydrogens is 284 g/mol. The summed E-state index contributed by atoms with van der Waals surface area (Å²) in [7, 11) is 0. The van der Waals surface area contributed by atoms with Crippen LogP contribution >= 0.6 is 0 Å². The van der Waals surface area contributed by atoms with Gasteiger partial charge in [-0.05, 0) is 6.92 Å². The molecular formula is C10H12N6O5. The van der Waals surface area contributed by atoms with Crippen molar-refractivity contribution >= 4 is 17.2 Å². The van der Waals surface area contributed by atoms with Gasteiger partial charge >= 0.3 is 11.4 Å². The highest BCUT2D eigenvalue weighted by Crippen LogP contribution is 2.40. The first-order chi connectivity index (χ1) is 9.88. The van der Waals surface area contributed by atoms with Crippen LogP contribution in [-0.4, -0.2) is 21.4 Å². The average Bonchev–Trinajstić information content (AvgIpc) is 2.37. The van der Waals surface area contributed by atoms with Gasteiger partial charge in [-0.2, -0.15) is 0 Å². The SMILES string of the molecule is CCOC1=C([N+](=O)[O-])C(N)c2c(ncc([N+](=O)[O-])c2N)N1. The van der Waals surface area contributed by atoms with Crippen molar-refractivity contribution in [2.45, 2.75) is 13.0 Å². The molecule has 0 fully saturated rings. The Kier molecular flexibility index (Phi) is 3.58. The third-order valence-corrected chi connectivity index (χ3v) is 2.89. The number of rotatable bonds is 4. The maximum absolute atomic E-state index is 11.1. The lowest BCUT2D eigenvalue weighted by molar-refractivity contribution is -0.433. The number of nitrogens with one attached hydrogen (secondary N) is 1. The van der Waals surface area contributed by atoms with Crippen LogP contribution in [0, 0.1) is 20.2 Å². The summed E-state index contributed by atoms with van der Waals surface area (Å²) in [4.78, 5) is 24.4. The number of nitrogens with two attached hydrogens (primary N) is 2. The van der Waals surface area contributed by atoms with Gasteiger partial charge in [0.1, 0.15) is 23.7 Å². The van der Waals surface area contributed by atoms with E-state index in [9.17, 15) is 20.2 Å². The molecule has 11 heteroatoms. The van der Waals surface area contributed by atoms with E-state index in [1.54, 1.807) is 6.92 Å². The molecule has 1 aromatic heterocycles. The number of aromatic nitrogens is 1. The van der Waals surface area contributed by atoms with E-state index < -0.39 is 27.3 Å². The number of fused-ring (bicyclic) bond motifs is 1. The van der Waals surface area contributed by atoms with Crippen molar-refractivity contribution in [1.82, 2.24) is 4.98 Å². The number of nitrogen functional groups attached to an aromatic ring is 1. The first-order valence-electron chi connectivity index (χ1n) is 5.85. The standard InChI is InChI=1S/C10H12N6O5/c1-2-21-10-8(16(19)20)7(12)5-6(11)4(15(17)18)3-13-9(5)14-10/h3,7H,2,12H2,1H3,(H3,11,13,14). The maximum atomic E-state index is 11.1. The summed E-state index contributed by atoms with van der Waals surface area (Å²) in [6.45, 7) is 1.81. The first-order valence-corrected chi connectivity index (χ1v) is 5.85. The minimum absolute atomic E-state index is 0.000599. The molecule has 0 saturated heterocycles. The summed E-state index contributed by atoms with van der Waals surface area (Å²) >= 11 is 0. The number of nitro groups is 2. The molecule has 11 nitrogen and oxygen atoms in total. The van der Waals surface area contributed by atoms with E-state index in [0.29, 0.717) is 0 Å². The number of anilines is 2. The van der Waals surface area contributed by atoms with Crippen LogP contribution in [0.15, 0.2) is 17.8 Å². The van der Waals surface area contributed by atoms with Crippen molar-refractivity contribution in [3.05, 3.63) is 43.6 Å². The summed E-state index contributed by atoms with van der Waals surface area (Å²) in [5, 5.41) is 24.6. The predicted molar refractivity (Wildman–Crippen MR) is 71.5 cm³/mol. The van der Waals surface area contributed by atoms with E-state index in [-0.39, 0.29) is 29.6 Å². The lowest BCUT2D eigenvalue weighted by Gasteiger charge is -2.23. The first kappa shape index (κ1) is 14.5. The molecule has 0 aliphatic carbocycles. The van der Waals surface area contributed by atoms with Gasteiger partial charge < -0.3 is 21.5 Å². The molecule has 112 valence electrons. The van der Waals surface area contributed by atoms with Crippen molar-refractivity contribution < 1.29 is 14.6 Å². The van der Waals surface area contributed by atoms with Crippen LogP contribution in [0.4, 0.5) is 17.2 Å². The Bertz CT molecular complexity index is 658. The van der Waals surface area contributed by atoms with E-state index in [4.69, 9.17) is 16.2 Å². The molecule has 0 amide bonds. The van der Waals surface area contributed by atoms with Gasteiger partial charge in [-0.3, -0.25) is 20.2 Å².